The van der Waals surface area contributed by atoms with Crippen LogP contribution in [-0.2, 0) is 0 Å². The maximum atomic E-state index is 11.4. The molecule has 0 unspecified atom stereocenters. The number of benzene rings is 1. The SMILES string of the molecule is COc1ccc(Nc2c(N)cccc2C(N)=O)cn1. The molecule has 98 valence electrons. The van der Waals surface area contributed by atoms with Crippen molar-refractivity contribution in [3.63, 3.8) is 0 Å². The molecule has 0 bridgehead atoms. The summed E-state index contributed by atoms with van der Waals surface area (Å²) in [6, 6.07) is 8.44. The van der Waals surface area contributed by atoms with E-state index < -0.39 is 5.91 Å². The lowest BCUT2D eigenvalue weighted by Gasteiger charge is -2.12. The van der Waals surface area contributed by atoms with Gasteiger partial charge in [-0.05, 0) is 18.2 Å². The van der Waals surface area contributed by atoms with Gasteiger partial charge in [-0.2, -0.15) is 0 Å². The van der Waals surface area contributed by atoms with Crippen LogP contribution in [0, 0.1) is 0 Å². The van der Waals surface area contributed by atoms with E-state index >= 15 is 0 Å². The second-order valence-corrected chi connectivity index (χ2v) is 3.85. The second kappa shape index (κ2) is 5.26. The zero-order valence-electron chi connectivity index (χ0n) is 10.4. The number of ether oxygens (including phenoxy) is 1. The molecule has 1 amide bonds. The summed E-state index contributed by atoms with van der Waals surface area (Å²) < 4.78 is 4.97. The number of pyridine rings is 1. The second-order valence-electron chi connectivity index (χ2n) is 3.85. The molecule has 2 aromatic rings. The number of nitrogen functional groups attached to an aromatic ring is 1. The molecule has 5 N–H and O–H groups in total. The highest BCUT2D eigenvalue weighted by Gasteiger charge is 2.11. The largest absolute Gasteiger partial charge is 0.481 e. The van der Waals surface area contributed by atoms with E-state index in [4.69, 9.17) is 16.2 Å². The Balaban J connectivity index is 2.34. The monoisotopic (exact) mass is 258 g/mol. The summed E-state index contributed by atoms with van der Waals surface area (Å²) in [7, 11) is 1.54. The van der Waals surface area contributed by atoms with Crippen LogP contribution in [0.5, 0.6) is 5.88 Å². The number of primary amides is 1. The lowest BCUT2D eigenvalue weighted by Crippen LogP contribution is -2.14. The molecule has 0 aliphatic heterocycles. The zero-order chi connectivity index (χ0) is 13.8. The van der Waals surface area contributed by atoms with Gasteiger partial charge in [0, 0.05) is 6.07 Å². The number of aromatic nitrogens is 1. The van der Waals surface area contributed by atoms with E-state index in [1.54, 1.807) is 36.5 Å². The Labute approximate surface area is 110 Å². The third kappa shape index (κ3) is 2.74. The van der Waals surface area contributed by atoms with E-state index in [2.05, 4.69) is 10.3 Å². The molecule has 1 heterocycles. The standard InChI is InChI=1S/C13H14N4O2/c1-19-11-6-5-8(7-16-11)17-12-9(13(15)18)3-2-4-10(12)14/h2-7,17H,14H2,1H3,(H2,15,18). The highest BCUT2D eigenvalue weighted by Crippen LogP contribution is 2.27. The minimum atomic E-state index is -0.545. The molecule has 1 aromatic heterocycles. The smallest absolute Gasteiger partial charge is 0.250 e. The molecule has 0 saturated heterocycles. The first-order chi connectivity index (χ1) is 9.11. The van der Waals surface area contributed by atoms with Crippen LogP contribution in [-0.4, -0.2) is 18.0 Å². The van der Waals surface area contributed by atoms with E-state index in [0.29, 0.717) is 28.5 Å². The van der Waals surface area contributed by atoms with Gasteiger partial charge in [-0.25, -0.2) is 4.98 Å². The Kier molecular flexibility index (Phi) is 3.51. The number of nitrogens with one attached hydrogen (secondary N) is 1. The van der Waals surface area contributed by atoms with E-state index in [-0.39, 0.29) is 0 Å². The van der Waals surface area contributed by atoms with Gasteiger partial charge in [0.25, 0.3) is 5.91 Å². The quantitative estimate of drug-likeness (QED) is 0.721. The summed E-state index contributed by atoms with van der Waals surface area (Å²) in [4.78, 5) is 15.4. The Hall–Kier alpha value is -2.76. The number of anilines is 3. The number of nitrogens with two attached hydrogens (primary N) is 2. The van der Waals surface area contributed by atoms with Gasteiger partial charge in [0.2, 0.25) is 5.88 Å². The molecule has 0 aliphatic rings. The number of nitrogens with zero attached hydrogens (tertiary/aromatic N) is 1. The molecule has 0 saturated carbocycles. The lowest BCUT2D eigenvalue weighted by molar-refractivity contribution is 0.100. The van der Waals surface area contributed by atoms with Crippen molar-refractivity contribution < 1.29 is 9.53 Å². The molecule has 6 heteroatoms. The van der Waals surface area contributed by atoms with Gasteiger partial charge < -0.3 is 21.5 Å². The van der Waals surface area contributed by atoms with E-state index in [9.17, 15) is 4.79 Å². The molecule has 0 spiro atoms. The third-order valence-corrected chi connectivity index (χ3v) is 2.58. The number of rotatable bonds is 4. The van der Waals surface area contributed by atoms with Gasteiger partial charge in [-0.15, -0.1) is 0 Å². The van der Waals surface area contributed by atoms with Crippen LogP contribution in [0.1, 0.15) is 10.4 Å². The molecule has 1 aromatic carbocycles. The maximum Gasteiger partial charge on any atom is 0.250 e. The first-order valence-corrected chi connectivity index (χ1v) is 5.57. The van der Waals surface area contributed by atoms with Crippen LogP contribution in [0.2, 0.25) is 0 Å². The first-order valence-electron chi connectivity index (χ1n) is 5.57. The molecule has 0 radical (unpaired) electrons. The zero-order valence-corrected chi connectivity index (χ0v) is 10.4. The van der Waals surface area contributed by atoms with E-state index in [1.807, 2.05) is 0 Å². The Morgan fingerprint density at radius 1 is 1.32 bits per heavy atom. The van der Waals surface area contributed by atoms with Gasteiger partial charge in [0.15, 0.2) is 0 Å². The predicted octanol–water partition coefficient (Wildman–Crippen LogP) is 1.51. The fourth-order valence-electron chi connectivity index (χ4n) is 1.63. The highest BCUT2D eigenvalue weighted by atomic mass is 16.5. The molecule has 0 fully saturated rings. The number of amides is 1. The fraction of sp³-hybridized carbons (Fsp3) is 0.0769. The molecule has 19 heavy (non-hydrogen) atoms. The van der Waals surface area contributed by atoms with Crippen molar-refractivity contribution in [3.05, 3.63) is 42.1 Å². The number of hydrogen-bond acceptors (Lipinski definition) is 5. The maximum absolute atomic E-state index is 11.4. The van der Waals surface area contributed by atoms with Crippen molar-refractivity contribution >= 4 is 23.0 Å². The minimum absolute atomic E-state index is 0.329. The first kappa shape index (κ1) is 12.7. The highest BCUT2D eigenvalue weighted by molar-refractivity contribution is 6.02. The van der Waals surface area contributed by atoms with Crippen molar-refractivity contribution in [1.29, 1.82) is 0 Å². The van der Waals surface area contributed by atoms with Crippen molar-refractivity contribution in [1.82, 2.24) is 4.98 Å². The molecule has 6 nitrogen and oxygen atoms in total. The normalized spacial score (nSPS) is 9.95. The number of para-hydroxylation sites is 1. The van der Waals surface area contributed by atoms with Gasteiger partial charge in [0.1, 0.15) is 0 Å². The lowest BCUT2D eigenvalue weighted by atomic mass is 10.1. The number of hydrogen-bond donors (Lipinski definition) is 3. The summed E-state index contributed by atoms with van der Waals surface area (Å²) in [6.07, 6.45) is 1.58. The predicted molar refractivity (Wildman–Crippen MR) is 73.4 cm³/mol. The van der Waals surface area contributed by atoms with Crippen LogP contribution < -0.4 is 21.5 Å². The molecule has 2 rings (SSSR count). The van der Waals surface area contributed by atoms with Gasteiger partial charge in [-0.3, -0.25) is 4.79 Å². The number of carbonyl (C=O) groups is 1. The van der Waals surface area contributed by atoms with E-state index in [0.717, 1.165) is 0 Å². The summed E-state index contributed by atoms with van der Waals surface area (Å²) in [5.41, 5.74) is 13.1. The number of methoxy groups -OCH3 is 1. The Bertz CT molecular complexity index is 596. The molecule has 0 atom stereocenters. The van der Waals surface area contributed by atoms with Crippen LogP contribution in [0.15, 0.2) is 36.5 Å². The molecule has 0 aliphatic carbocycles. The van der Waals surface area contributed by atoms with Crippen LogP contribution in [0.3, 0.4) is 0 Å². The Morgan fingerprint density at radius 2 is 2.11 bits per heavy atom. The van der Waals surface area contributed by atoms with Crippen molar-refractivity contribution in [2.75, 3.05) is 18.2 Å². The summed E-state index contributed by atoms with van der Waals surface area (Å²) in [6.45, 7) is 0. The molecular weight excluding hydrogens is 244 g/mol. The van der Waals surface area contributed by atoms with Crippen molar-refractivity contribution in [2.24, 2.45) is 5.73 Å². The van der Waals surface area contributed by atoms with Crippen LogP contribution in [0.4, 0.5) is 17.1 Å². The number of carbonyl (C=O) groups excluding carboxylic acids is 1. The van der Waals surface area contributed by atoms with E-state index in [1.165, 1.54) is 7.11 Å². The summed E-state index contributed by atoms with van der Waals surface area (Å²) >= 11 is 0. The summed E-state index contributed by atoms with van der Waals surface area (Å²) in [5, 5.41) is 3.03. The minimum Gasteiger partial charge on any atom is -0.481 e. The average molecular weight is 258 g/mol. The van der Waals surface area contributed by atoms with Crippen molar-refractivity contribution in [3.8, 4) is 5.88 Å². The third-order valence-electron chi connectivity index (χ3n) is 2.58. The summed E-state index contributed by atoms with van der Waals surface area (Å²) in [5.74, 6) is -0.0435. The molecular formula is C13H14N4O2. The van der Waals surface area contributed by atoms with Gasteiger partial charge in [0.05, 0.1) is 35.9 Å². The van der Waals surface area contributed by atoms with Crippen LogP contribution >= 0.6 is 0 Å². The van der Waals surface area contributed by atoms with Crippen molar-refractivity contribution in [2.45, 2.75) is 0 Å². The fourth-order valence-corrected chi connectivity index (χ4v) is 1.63. The Morgan fingerprint density at radius 3 is 2.68 bits per heavy atom. The average Bonchev–Trinajstić information content (AvgIpc) is 2.41. The van der Waals surface area contributed by atoms with Crippen LogP contribution in [0.25, 0.3) is 0 Å². The van der Waals surface area contributed by atoms with Gasteiger partial charge in [-0.1, -0.05) is 6.07 Å². The van der Waals surface area contributed by atoms with Gasteiger partial charge >= 0.3 is 0 Å². The topological polar surface area (TPSA) is 103 Å².